The zero-order valence-electron chi connectivity index (χ0n) is 13.9. The number of carbonyl (C=O) groups is 2. The molecule has 0 radical (unpaired) electrons. The van der Waals surface area contributed by atoms with Crippen LogP contribution in [0.15, 0.2) is 0 Å². The van der Waals surface area contributed by atoms with Crippen molar-refractivity contribution in [2.45, 2.75) is 39.2 Å². The van der Waals surface area contributed by atoms with Crippen LogP contribution in [0.5, 0.6) is 0 Å². The maximum Gasteiger partial charge on any atom is 0.225 e. The van der Waals surface area contributed by atoms with Gasteiger partial charge in [-0.3, -0.25) is 14.5 Å². The van der Waals surface area contributed by atoms with Gasteiger partial charge in [0.2, 0.25) is 11.8 Å². The number of rotatable bonds is 7. The van der Waals surface area contributed by atoms with Crippen LogP contribution in [0.2, 0.25) is 0 Å². The highest BCUT2D eigenvalue weighted by Gasteiger charge is 2.36. The fraction of sp³-hybridized carbons (Fsp3) is 0.875. The van der Waals surface area contributed by atoms with E-state index >= 15 is 0 Å². The Morgan fingerprint density at radius 1 is 1.32 bits per heavy atom. The Morgan fingerprint density at radius 2 is 2.00 bits per heavy atom. The molecule has 2 heterocycles. The summed E-state index contributed by atoms with van der Waals surface area (Å²) >= 11 is 0. The summed E-state index contributed by atoms with van der Waals surface area (Å²) in [6.07, 6.45) is 2.29. The van der Waals surface area contributed by atoms with Crippen LogP contribution in [0.4, 0.5) is 0 Å². The number of hydrogen-bond donors (Lipinski definition) is 2. The van der Waals surface area contributed by atoms with Gasteiger partial charge in [0.1, 0.15) is 0 Å². The van der Waals surface area contributed by atoms with Crippen LogP contribution in [0.3, 0.4) is 0 Å². The topological polar surface area (TPSA) is 64.7 Å². The van der Waals surface area contributed by atoms with Gasteiger partial charge in [-0.1, -0.05) is 13.8 Å². The van der Waals surface area contributed by atoms with Gasteiger partial charge in [-0.25, -0.2) is 0 Å². The van der Waals surface area contributed by atoms with Gasteiger partial charge < -0.3 is 15.5 Å². The first-order valence-electron chi connectivity index (χ1n) is 8.66. The quantitative estimate of drug-likeness (QED) is 0.697. The molecule has 2 aliphatic rings. The van der Waals surface area contributed by atoms with Crippen molar-refractivity contribution in [2.75, 3.05) is 45.8 Å². The Labute approximate surface area is 133 Å². The molecule has 22 heavy (non-hydrogen) atoms. The maximum atomic E-state index is 12.3. The molecule has 6 heteroatoms. The average molecular weight is 310 g/mol. The Hall–Kier alpha value is -1.14. The van der Waals surface area contributed by atoms with Gasteiger partial charge in [-0.2, -0.15) is 0 Å². The summed E-state index contributed by atoms with van der Waals surface area (Å²) in [5.41, 5.74) is 0. The van der Waals surface area contributed by atoms with Crippen molar-refractivity contribution in [1.29, 1.82) is 0 Å². The van der Waals surface area contributed by atoms with Gasteiger partial charge in [0.05, 0.1) is 5.92 Å². The Morgan fingerprint density at radius 3 is 2.64 bits per heavy atom. The minimum atomic E-state index is -0.170. The lowest BCUT2D eigenvalue weighted by molar-refractivity contribution is -0.130. The average Bonchev–Trinajstić information content (AvgIpc) is 2.92. The molecule has 0 saturated carbocycles. The van der Waals surface area contributed by atoms with Crippen LogP contribution in [-0.2, 0) is 9.59 Å². The predicted molar refractivity (Wildman–Crippen MR) is 86.5 cm³/mol. The number of hydrogen-bond acceptors (Lipinski definition) is 4. The number of carbonyl (C=O) groups excluding carboxylic acids is 2. The highest BCUT2D eigenvalue weighted by molar-refractivity contribution is 5.89. The number of nitrogens with one attached hydrogen (secondary N) is 2. The van der Waals surface area contributed by atoms with E-state index in [0.717, 1.165) is 45.6 Å². The fourth-order valence-corrected chi connectivity index (χ4v) is 3.41. The molecule has 2 N–H and O–H groups in total. The van der Waals surface area contributed by atoms with E-state index in [4.69, 9.17) is 0 Å². The lowest BCUT2D eigenvalue weighted by Crippen LogP contribution is -2.46. The molecule has 1 unspecified atom stereocenters. The van der Waals surface area contributed by atoms with E-state index in [1.165, 1.54) is 0 Å². The third kappa shape index (κ3) is 4.43. The van der Waals surface area contributed by atoms with Crippen molar-refractivity contribution >= 4 is 11.8 Å². The Bertz CT molecular complexity index is 378. The van der Waals surface area contributed by atoms with E-state index in [1.807, 2.05) is 4.90 Å². The van der Waals surface area contributed by atoms with Crippen molar-refractivity contribution in [3.8, 4) is 0 Å². The summed E-state index contributed by atoms with van der Waals surface area (Å²) in [4.78, 5) is 28.6. The van der Waals surface area contributed by atoms with Gasteiger partial charge >= 0.3 is 0 Å². The summed E-state index contributed by atoms with van der Waals surface area (Å²) in [6, 6.07) is 0.283. The monoisotopic (exact) mass is 310 g/mol. The SMILES string of the molecule is CCC(CC)N1CC(C(=O)NCCN2CCNCC2)CC1=O. The summed E-state index contributed by atoms with van der Waals surface area (Å²) in [5, 5.41) is 6.33. The highest BCUT2D eigenvalue weighted by Crippen LogP contribution is 2.23. The number of likely N-dealkylation sites (tertiary alicyclic amines) is 1. The number of nitrogens with zero attached hydrogens (tertiary/aromatic N) is 2. The van der Waals surface area contributed by atoms with Crippen LogP contribution in [0, 0.1) is 5.92 Å². The van der Waals surface area contributed by atoms with E-state index < -0.39 is 0 Å². The molecule has 0 aromatic heterocycles. The van der Waals surface area contributed by atoms with Crippen LogP contribution in [0.25, 0.3) is 0 Å². The normalized spacial score (nSPS) is 23.3. The summed E-state index contributed by atoms with van der Waals surface area (Å²) in [6.45, 7) is 10.5. The van der Waals surface area contributed by atoms with Gasteiger partial charge in [0.25, 0.3) is 0 Å². The molecule has 0 bridgehead atoms. The second-order valence-corrected chi connectivity index (χ2v) is 6.30. The first kappa shape index (κ1) is 17.2. The minimum absolute atomic E-state index is 0.0388. The van der Waals surface area contributed by atoms with Gasteiger partial charge in [-0.15, -0.1) is 0 Å². The lowest BCUT2D eigenvalue weighted by atomic mass is 10.1. The first-order valence-corrected chi connectivity index (χ1v) is 8.66. The van der Waals surface area contributed by atoms with Crippen molar-refractivity contribution in [3.63, 3.8) is 0 Å². The Balaban J connectivity index is 1.72. The van der Waals surface area contributed by atoms with Gasteiger partial charge in [0.15, 0.2) is 0 Å². The molecular formula is C16H30N4O2. The van der Waals surface area contributed by atoms with Crippen molar-refractivity contribution in [2.24, 2.45) is 5.92 Å². The zero-order chi connectivity index (χ0) is 15.9. The van der Waals surface area contributed by atoms with Crippen LogP contribution in [0.1, 0.15) is 33.1 Å². The Kier molecular flexibility index (Phi) is 6.64. The largest absolute Gasteiger partial charge is 0.355 e. The highest BCUT2D eigenvalue weighted by atomic mass is 16.2. The number of amides is 2. The molecule has 2 fully saturated rings. The molecule has 1 atom stereocenters. The molecular weight excluding hydrogens is 280 g/mol. The van der Waals surface area contributed by atoms with E-state index in [0.29, 0.717) is 19.5 Å². The standard InChI is InChI=1S/C16H30N4O2/c1-3-14(4-2)20-12-13(11-15(20)21)16(22)18-7-10-19-8-5-17-6-9-19/h13-14,17H,3-12H2,1-2H3,(H,18,22). The van der Waals surface area contributed by atoms with Gasteiger partial charge in [0, 0.05) is 58.3 Å². The summed E-state index contributed by atoms with van der Waals surface area (Å²) in [7, 11) is 0. The van der Waals surface area contributed by atoms with Gasteiger partial charge in [-0.05, 0) is 12.8 Å². The molecule has 0 aromatic carbocycles. The molecule has 6 nitrogen and oxygen atoms in total. The zero-order valence-corrected chi connectivity index (χ0v) is 13.9. The predicted octanol–water partition coefficient (Wildman–Crippen LogP) is 0.0449. The molecule has 0 spiro atoms. The molecule has 2 saturated heterocycles. The number of piperazine rings is 1. The third-order valence-corrected chi connectivity index (χ3v) is 4.85. The molecule has 2 amide bonds. The van der Waals surface area contributed by atoms with Crippen molar-refractivity contribution in [3.05, 3.63) is 0 Å². The van der Waals surface area contributed by atoms with E-state index in [2.05, 4.69) is 29.4 Å². The third-order valence-electron chi connectivity index (χ3n) is 4.85. The molecule has 126 valence electrons. The molecule has 2 aliphatic heterocycles. The van der Waals surface area contributed by atoms with E-state index in [9.17, 15) is 9.59 Å². The van der Waals surface area contributed by atoms with Crippen LogP contribution < -0.4 is 10.6 Å². The molecule has 2 rings (SSSR count). The van der Waals surface area contributed by atoms with Crippen molar-refractivity contribution < 1.29 is 9.59 Å². The van der Waals surface area contributed by atoms with Crippen LogP contribution >= 0.6 is 0 Å². The molecule has 0 aliphatic carbocycles. The minimum Gasteiger partial charge on any atom is -0.355 e. The summed E-state index contributed by atoms with van der Waals surface area (Å²) < 4.78 is 0. The fourth-order valence-electron chi connectivity index (χ4n) is 3.41. The van der Waals surface area contributed by atoms with Crippen molar-refractivity contribution in [1.82, 2.24) is 20.4 Å². The van der Waals surface area contributed by atoms with E-state index in [-0.39, 0.29) is 23.8 Å². The smallest absolute Gasteiger partial charge is 0.225 e. The van der Waals surface area contributed by atoms with Crippen LogP contribution in [-0.4, -0.2) is 73.5 Å². The molecule has 0 aromatic rings. The second kappa shape index (κ2) is 8.48. The second-order valence-electron chi connectivity index (χ2n) is 6.30. The maximum absolute atomic E-state index is 12.3. The first-order chi connectivity index (χ1) is 10.7. The van der Waals surface area contributed by atoms with E-state index in [1.54, 1.807) is 0 Å². The lowest BCUT2D eigenvalue weighted by Gasteiger charge is -2.27. The summed E-state index contributed by atoms with van der Waals surface area (Å²) in [5.74, 6) is 0.00372.